The van der Waals surface area contributed by atoms with Crippen molar-refractivity contribution in [2.24, 2.45) is 10.9 Å². The van der Waals surface area contributed by atoms with Gasteiger partial charge >= 0.3 is 0 Å². The minimum absolute atomic E-state index is 0.0313. The summed E-state index contributed by atoms with van der Waals surface area (Å²) in [5, 5.41) is 9.79. The molecule has 6 N–H and O–H groups in total. The Morgan fingerprint density at radius 1 is 0.944 bits per heavy atom. The molecular weight excluding hydrogens is 476 g/mol. The minimum Gasteiger partial charge on any atom is -0.383 e. The number of amides is 1. The van der Waals surface area contributed by atoms with E-state index in [2.05, 4.69) is 10.00 Å². The van der Waals surface area contributed by atoms with Crippen LogP contribution < -0.4 is 21.5 Å². The number of nitrogen functional groups attached to an aromatic ring is 1. The van der Waals surface area contributed by atoms with Crippen molar-refractivity contribution >= 4 is 33.1 Å². The van der Waals surface area contributed by atoms with Crippen LogP contribution in [-0.4, -0.2) is 24.1 Å². The fourth-order valence-electron chi connectivity index (χ4n) is 3.99. The van der Waals surface area contributed by atoms with Gasteiger partial charge in [0.2, 0.25) is 10.0 Å². The predicted molar refractivity (Wildman–Crippen MR) is 141 cm³/mol. The van der Waals surface area contributed by atoms with Crippen LogP contribution >= 0.6 is 0 Å². The van der Waals surface area contributed by atoms with Gasteiger partial charge in [-0.2, -0.15) is 5.10 Å². The summed E-state index contributed by atoms with van der Waals surface area (Å²) in [6, 6.07) is 23.8. The Hall–Kier alpha value is -4.15. The number of hydrogen-bond acceptors (Lipinski definition) is 6. The Labute approximate surface area is 210 Å². The van der Waals surface area contributed by atoms with E-state index in [-0.39, 0.29) is 22.3 Å². The number of aromatic nitrogens is 2. The van der Waals surface area contributed by atoms with Gasteiger partial charge in [0.15, 0.2) is 0 Å². The number of hydrogen-bond donors (Lipinski definition) is 3. The van der Waals surface area contributed by atoms with Crippen molar-refractivity contribution in [2.75, 3.05) is 10.6 Å². The van der Waals surface area contributed by atoms with Crippen LogP contribution in [0.3, 0.4) is 0 Å². The molecule has 1 heterocycles. The number of primary sulfonamides is 1. The first kappa shape index (κ1) is 25.0. The SMILES string of the molecule is CC(C)n1nc(-c2ccc(CN(c3ccccc3)c3ccc(S(N)(=O)=O)cc3)cc2)c(C(N)=O)c1N. The highest BCUT2D eigenvalue weighted by molar-refractivity contribution is 7.89. The van der Waals surface area contributed by atoms with E-state index in [1.165, 1.54) is 12.1 Å². The van der Waals surface area contributed by atoms with E-state index in [9.17, 15) is 13.2 Å². The van der Waals surface area contributed by atoms with Crippen molar-refractivity contribution in [3.63, 3.8) is 0 Å². The Bertz CT molecular complexity index is 1480. The van der Waals surface area contributed by atoms with Crippen molar-refractivity contribution in [2.45, 2.75) is 31.3 Å². The molecule has 4 aromatic rings. The molecule has 4 rings (SSSR count). The highest BCUT2D eigenvalue weighted by Crippen LogP contribution is 2.31. The molecule has 0 radical (unpaired) electrons. The molecule has 1 amide bonds. The van der Waals surface area contributed by atoms with Crippen LogP contribution in [0, 0.1) is 0 Å². The fourth-order valence-corrected chi connectivity index (χ4v) is 4.51. The number of sulfonamides is 1. The van der Waals surface area contributed by atoms with E-state index in [0.717, 1.165) is 22.5 Å². The average molecular weight is 505 g/mol. The van der Waals surface area contributed by atoms with Gasteiger partial charge in [0.25, 0.3) is 5.91 Å². The number of carbonyl (C=O) groups is 1. The maximum absolute atomic E-state index is 12.1. The highest BCUT2D eigenvalue weighted by atomic mass is 32.2. The summed E-state index contributed by atoms with van der Waals surface area (Å²) in [6.07, 6.45) is 0. The van der Waals surface area contributed by atoms with E-state index in [4.69, 9.17) is 16.6 Å². The Morgan fingerprint density at radius 3 is 2.06 bits per heavy atom. The average Bonchev–Trinajstić information content (AvgIpc) is 3.20. The summed E-state index contributed by atoms with van der Waals surface area (Å²) in [5.74, 6) is -0.383. The van der Waals surface area contributed by atoms with Crippen LogP contribution in [0.2, 0.25) is 0 Å². The lowest BCUT2D eigenvalue weighted by Crippen LogP contribution is -2.17. The van der Waals surface area contributed by atoms with Gasteiger partial charge in [-0.1, -0.05) is 42.5 Å². The molecule has 3 aromatic carbocycles. The van der Waals surface area contributed by atoms with Crippen LogP contribution in [0.4, 0.5) is 17.2 Å². The summed E-state index contributed by atoms with van der Waals surface area (Å²) in [4.78, 5) is 14.2. The van der Waals surface area contributed by atoms with Crippen LogP contribution in [-0.2, 0) is 16.6 Å². The van der Waals surface area contributed by atoms with Gasteiger partial charge in [-0.3, -0.25) is 4.79 Å². The molecule has 0 aliphatic rings. The quantitative estimate of drug-likeness (QED) is 0.332. The summed E-state index contributed by atoms with van der Waals surface area (Å²) in [6.45, 7) is 4.35. The Balaban J connectivity index is 1.68. The second-order valence-corrected chi connectivity index (χ2v) is 10.2. The zero-order valence-corrected chi connectivity index (χ0v) is 20.8. The summed E-state index contributed by atoms with van der Waals surface area (Å²) in [7, 11) is -3.78. The maximum atomic E-state index is 12.1. The number of nitrogens with zero attached hydrogens (tertiary/aromatic N) is 3. The standard InChI is InChI=1S/C26H28N6O3S/c1-17(2)32-25(27)23(26(28)33)24(30-32)19-10-8-18(9-11-19)16-31(20-6-4-3-5-7-20)21-12-14-22(15-13-21)36(29,34)35/h3-15,17H,16,27H2,1-2H3,(H2,28,33)(H2,29,34,35). The molecule has 0 unspecified atom stereocenters. The second kappa shape index (κ2) is 9.84. The maximum Gasteiger partial charge on any atom is 0.254 e. The largest absolute Gasteiger partial charge is 0.383 e. The van der Waals surface area contributed by atoms with Gasteiger partial charge in [0.1, 0.15) is 17.1 Å². The molecule has 0 aliphatic carbocycles. The van der Waals surface area contributed by atoms with E-state index >= 15 is 0 Å². The highest BCUT2D eigenvalue weighted by Gasteiger charge is 2.22. The lowest BCUT2D eigenvalue weighted by molar-refractivity contribution is 0.100. The lowest BCUT2D eigenvalue weighted by Gasteiger charge is -2.25. The number of para-hydroxylation sites is 1. The Morgan fingerprint density at radius 2 is 1.53 bits per heavy atom. The molecule has 0 bridgehead atoms. The van der Waals surface area contributed by atoms with Crippen LogP contribution in [0.1, 0.15) is 35.8 Å². The first-order valence-electron chi connectivity index (χ1n) is 11.3. The van der Waals surface area contributed by atoms with Gasteiger partial charge in [0.05, 0.1) is 4.90 Å². The van der Waals surface area contributed by atoms with Gasteiger partial charge in [-0.15, -0.1) is 0 Å². The van der Waals surface area contributed by atoms with Crippen molar-refractivity contribution in [3.05, 3.63) is 90.0 Å². The van der Waals surface area contributed by atoms with E-state index in [1.54, 1.807) is 16.8 Å². The lowest BCUT2D eigenvalue weighted by atomic mass is 10.0. The van der Waals surface area contributed by atoms with E-state index in [0.29, 0.717) is 12.2 Å². The fraction of sp³-hybridized carbons (Fsp3) is 0.154. The number of benzene rings is 3. The minimum atomic E-state index is -3.78. The molecule has 36 heavy (non-hydrogen) atoms. The van der Waals surface area contributed by atoms with Gasteiger partial charge in [-0.25, -0.2) is 18.2 Å². The summed E-state index contributed by atoms with van der Waals surface area (Å²) >= 11 is 0. The van der Waals surface area contributed by atoms with Gasteiger partial charge < -0.3 is 16.4 Å². The molecule has 0 aliphatic heterocycles. The molecule has 186 valence electrons. The zero-order chi connectivity index (χ0) is 26.0. The van der Waals surface area contributed by atoms with Gasteiger partial charge in [-0.05, 0) is 55.8 Å². The van der Waals surface area contributed by atoms with Crippen molar-refractivity contribution < 1.29 is 13.2 Å². The number of nitrogens with two attached hydrogens (primary N) is 3. The topological polar surface area (TPSA) is 150 Å². The third-order valence-corrected chi connectivity index (χ3v) is 6.73. The third kappa shape index (κ3) is 5.09. The normalized spacial score (nSPS) is 11.6. The molecular formula is C26H28N6O3S. The monoisotopic (exact) mass is 504 g/mol. The van der Waals surface area contributed by atoms with Crippen LogP contribution in [0.15, 0.2) is 83.8 Å². The molecule has 0 fully saturated rings. The van der Waals surface area contributed by atoms with Crippen molar-refractivity contribution in [3.8, 4) is 11.3 Å². The van der Waals surface area contributed by atoms with Crippen molar-refractivity contribution in [1.29, 1.82) is 0 Å². The van der Waals surface area contributed by atoms with Crippen LogP contribution in [0.25, 0.3) is 11.3 Å². The van der Waals surface area contributed by atoms with Crippen LogP contribution in [0.5, 0.6) is 0 Å². The molecule has 0 spiro atoms. The molecule has 0 atom stereocenters. The molecule has 0 saturated heterocycles. The molecule has 1 aromatic heterocycles. The molecule has 10 heteroatoms. The Kier molecular flexibility index (Phi) is 6.82. The zero-order valence-electron chi connectivity index (χ0n) is 20.0. The summed E-state index contributed by atoms with van der Waals surface area (Å²) in [5.41, 5.74) is 15.8. The number of anilines is 3. The first-order chi connectivity index (χ1) is 17.1. The number of rotatable bonds is 8. The predicted octanol–water partition coefficient (Wildman–Crippen LogP) is 3.80. The van der Waals surface area contributed by atoms with E-state index < -0.39 is 15.9 Å². The van der Waals surface area contributed by atoms with Gasteiger partial charge in [0, 0.05) is 29.5 Å². The molecule has 0 saturated carbocycles. The number of primary amides is 1. The smallest absolute Gasteiger partial charge is 0.254 e. The molecule has 9 nitrogen and oxygen atoms in total. The van der Waals surface area contributed by atoms with Crippen molar-refractivity contribution in [1.82, 2.24) is 9.78 Å². The number of carbonyl (C=O) groups excluding carboxylic acids is 1. The summed E-state index contributed by atoms with van der Waals surface area (Å²) < 4.78 is 24.9. The first-order valence-corrected chi connectivity index (χ1v) is 12.8. The van der Waals surface area contributed by atoms with E-state index in [1.807, 2.05) is 68.4 Å². The second-order valence-electron chi connectivity index (χ2n) is 8.67. The third-order valence-electron chi connectivity index (χ3n) is 5.80.